The van der Waals surface area contributed by atoms with Crippen molar-refractivity contribution in [1.29, 1.82) is 0 Å². The molecule has 0 radical (unpaired) electrons. The van der Waals surface area contributed by atoms with Crippen molar-refractivity contribution in [1.82, 2.24) is 0 Å². The van der Waals surface area contributed by atoms with Crippen LogP contribution in [0, 0.1) is 0 Å². The molecule has 4 heteroatoms. The Labute approximate surface area is 122 Å². The Morgan fingerprint density at radius 3 is 2.48 bits per heavy atom. The van der Waals surface area contributed by atoms with E-state index in [-0.39, 0.29) is 0 Å². The summed E-state index contributed by atoms with van der Waals surface area (Å²) in [6.45, 7) is 5.97. The summed E-state index contributed by atoms with van der Waals surface area (Å²) in [6.07, 6.45) is -3.56. The normalized spacial score (nSPS) is 11.2. The molecular formula is C17H16F3N. The lowest BCUT2D eigenvalue weighted by molar-refractivity contribution is -0.137. The molecule has 0 aromatic heterocycles. The Kier molecular flexibility index (Phi) is 4.36. The Morgan fingerprint density at radius 2 is 1.81 bits per heavy atom. The van der Waals surface area contributed by atoms with E-state index in [9.17, 15) is 13.2 Å². The molecule has 21 heavy (non-hydrogen) atoms. The molecule has 0 atom stereocenters. The van der Waals surface area contributed by atoms with Gasteiger partial charge in [0.25, 0.3) is 0 Å². The third kappa shape index (κ3) is 3.66. The van der Waals surface area contributed by atoms with Gasteiger partial charge >= 0.3 is 6.18 Å². The summed E-state index contributed by atoms with van der Waals surface area (Å²) in [4.78, 5) is 0. The van der Waals surface area contributed by atoms with Gasteiger partial charge in [0.15, 0.2) is 0 Å². The molecule has 0 amide bonds. The molecule has 0 spiro atoms. The van der Waals surface area contributed by atoms with Gasteiger partial charge in [0.2, 0.25) is 0 Å². The fraction of sp³-hybridized carbons (Fsp3) is 0.176. The lowest BCUT2D eigenvalue weighted by atomic mass is 10.0. The van der Waals surface area contributed by atoms with Crippen LogP contribution < -0.4 is 5.32 Å². The smallest absolute Gasteiger partial charge is 0.355 e. The van der Waals surface area contributed by atoms with Crippen LogP contribution in [0.1, 0.15) is 24.5 Å². The van der Waals surface area contributed by atoms with Crippen molar-refractivity contribution in [3.05, 3.63) is 66.2 Å². The summed E-state index contributed by atoms with van der Waals surface area (Å²) >= 11 is 0. The molecule has 2 aromatic rings. The van der Waals surface area contributed by atoms with Gasteiger partial charge in [-0.2, -0.15) is 13.2 Å². The first-order valence-corrected chi connectivity index (χ1v) is 6.63. The highest BCUT2D eigenvalue weighted by molar-refractivity contribution is 5.78. The van der Waals surface area contributed by atoms with Gasteiger partial charge in [-0.3, -0.25) is 0 Å². The standard InChI is InChI=1S/C17H16F3N/c1-3-12(2)15-9-4-5-10-16(15)21-14-8-6-7-13(11-14)17(18,19)20/h4-11,21H,2-3H2,1H3. The molecular weight excluding hydrogens is 275 g/mol. The third-order valence-electron chi connectivity index (χ3n) is 3.20. The summed E-state index contributed by atoms with van der Waals surface area (Å²) in [6, 6.07) is 12.6. The minimum atomic E-state index is -4.34. The van der Waals surface area contributed by atoms with Crippen molar-refractivity contribution in [3.63, 3.8) is 0 Å². The molecule has 1 nitrogen and oxygen atoms in total. The molecule has 0 aliphatic rings. The second-order valence-corrected chi connectivity index (χ2v) is 4.71. The zero-order valence-electron chi connectivity index (χ0n) is 11.7. The van der Waals surface area contributed by atoms with Gasteiger partial charge in [-0.25, -0.2) is 0 Å². The van der Waals surface area contributed by atoms with Crippen LogP contribution in [-0.2, 0) is 6.18 Å². The Morgan fingerprint density at radius 1 is 1.10 bits per heavy atom. The molecule has 2 aromatic carbocycles. The summed E-state index contributed by atoms with van der Waals surface area (Å²) in [5, 5.41) is 3.04. The van der Waals surface area contributed by atoms with E-state index in [1.54, 1.807) is 6.07 Å². The molecule has 0 saturated carbocycles. The van der Waals surface area contributed by atoms with Crippen LogP contribution in [0.25, 0.3) is 5.57 Å². The minimum Gasteiger partial charge on any atom is -0.355 e. The second kappa shape index (κ2) is 6.04. The molecule has 0 aliphatic carbocycles. The SMILES string of the molecule is C=C(CC)c1ccccc1Nc1cccc(C(F)(F)F)c1. The number of benzene rings is 2. The monoisotopic (exact) mass is 291 g/mol. The fourth-order valence-corrected chi connectivity index (χ4v) is 2.02. The van der Waals surface area contributed by atoms with Gasteiger partial charge in [0.1, 0.15) is 0 Å². The third-order valence-corrected chi connectivity index (χ3v) is 3.20. The van der Waals surface area contributed by atoms with Gasteiger partial charge < -0.3 is 5.32 Å². The molecule has 0 fully saturated rings. The number of hydrogen-bond donors (Lipinski definition) is 1. The van der Waals surface area contributed by atoms with E-state index in [4.69, 9.17) is 0 Å². The molecule has 0 bridgehead atoms. The lowest BCUT2D eigenvalue weighted by Gasteiger charge is -2.14. The molecule has 0 unspecified atom stereocenters. The summed E-state index contributed by atoms with van der Waals surface area (Å²) < 4.78 is 38.2. The molecule has 1 N–H and O–H groups in total. The second-order valence-electron chi connectivity index (χ2n) is 4.71. The van der Waals surface area contributed by atoms with Crippen molar-refractivity contribution >= 4 is 16.9 Å². The molecule has 0 aliphatic heterocycles. The fourth-order valence-electron chi connectivity index (χ4n) is 2.02. The molecule has 2 rings (SSSR count). The van der Waals surface area contributed by atoms with E-state index in [2.05, 4.69) is 11.9 Å². The highest BCUT2D eigenvalue weighted by atomic mass is 19.4. The first-order chi connectivity index (χ1) is 9.91. The van der Waals surface area contributed by atoms with Gasteiger partial charge in [0, 0.05) is 16.9 Å². The Bertz CT molecular complexity index is 644. The predicted octanol–water partition coefficient (Wildman–Crippen LogP) is 5.87. The average molecular weight is 291 g/mol. The number of allylic oxidation sites excluding steroid dienone is 1. The van der Waals surface area contributed by atoms with E-state index in [0.29, 0.717) is 5.69 Å². The zero-order chi connectivity index (χ0) is 15.5. The number of anilines is 2. The van der Waals surface area contributed by atoms with Crippen molar-refractivity contribution in [2.24, 2.45) is 0 Å². The predicted molar refractivity (Wildman–Crippen MR) is 80.5 cm³/mol. The number of alkyl halides is 3. The summed E-state index contributed by atoms with van der Waals surface area (Å²) in [5.41, 5.74) is 2.34. The van der Waals surface area contributed by atoms with Crippen molar-refractivity contribution in [2.45, 2.75) is 19.5 Å². The van der Waals surface area contributed by atoms with Crippen LogP contribution >= 0.6 is 0 Å². The van der Waals surface area contributed by atoms with Crippen molar-refractivity contribution in [3.8, 4) is 0 Å². The number of hydrogen-bond acceptors (Lipinski definition) is 1. The van der Waals surface area contributed by atoms with E-state index < -0.39 is 11.7 Å². The molecule has 110 valence electrons. The first-order valence-electron chi connectivity index (χ1n) is 6.63. The maximum absolute atomic E-state index is 12.7. The Balaban J connectivity index is 2.33. The highest BCUT2D eigenvalue weighted by Crippen LogP contribution is 2.32. The quantitative estimate of drug-likeness (QED) is 0.742. The van der Waals surface area contributed by atoms with Gasteiger partial charge in [0.05, 0.1) is 5.56 Å². The van der Waals surface area contributed by atoms with Gasteiger partial charge in [-0.15, -0.1) is 0 Å². The van der Waals surface area contributed by atoms with E-state index in [1.165, 1.54) is 6.07 Å². The van der Waals surface area contributed by atoms with E-state index in [1.807, 2.05) is 31.2 Å². The largest absolute Gasteiger partial charge is 0.416 e. The van der Waals surface area contributed by atoms with Crippen LogP contribution in [0.3, 0.4) is 0 Å². The van der Waals surface area contributed by atoms with E-state index >= 15 is 0 Å². The van der Waals surface area contributed by atoms with Crippen LogP contribution in [-0.4, -0.2) is 0 Å². The van der Waals surface area contributed by atoms with Crippen LogP contribution in [0.5, 0.6) is 0 Å². The zero-order valence-corrected chi connectivity index (χ0v) is 11.7. The van der Waals surface area contributed by atoms with Crippen LogP contribution in [0.15, 0.2) is 55.1 Å². The maximum Gasteiger partial charge on any atom is 0.416 e. The number of halogens is 3. The topological polar surface area (TPSA) is 12.0 Å². The minimum absolute atomic E-state index is 0.404. The number of para-hydroxylation sites is 1. The highest BCUT2D eigenvalue weighted by Gasteiger charge is 2.30. The van der Waals surface area contributed by atoms with Crippen molar-refractivity contribution < 1.29 is 13.2 Å². The van der Waals surface area contributed by atoms with Crippen LogP contribution in [0.2, 0.25) is 0 Å². The van der Waals surface area contributed by atoms with Gasteiger partial charge in [-0.1, -0.05) is 37.8 Å². The maximum atomic E-state index is 12.7. The number of rotatable bonds is 4. The molecule has 0 heterocycles. The first kappa shape index (κ1) is 15.2. The molecule has 0 saturated heterocycles. The lowest BCUT2D eigenvalue weighted by Crippen LogP contribution is -2.05. The Hall–Kier alpha value is -2.23. The average Bonchev–Trinajstić information content (AvgIpc) is 2.46. The van der Waals surface area contributed by atoms with Crippen LogP contribution in [0.4, 0.5) is 24.5 Å². The van der Waals surface area contributed by atoms with Crippen molar-refractivity contribution in [2.75, 3.05) is 5.32 Å². The van der Waals surface area contributed by atoms with E-state index in [0.717, 1.165) is 35.4 Å². The van der Waals surface area contributed by atoms with Gasteiger partial charge in [-0.05, 0) is 36.3 Å². The number of nitrogens with one attached hydrogen (secondary N) is 1. The summed E-state index contributed by atoms with van der Waals surface area (Å²) in [7, 11) is 0. The summed E-state index contributed by atoms with van der Waals surface area (Å²) in [5.74, 6) is 0.